The highest BCUT2D eigenvalue weighted by atomic mass is 19.4. The molecule has 39 heavy (non-hydrogen) atoms. The number of alkyl halides is 3. The van der Waals surface area contributed by atoms with Crippen LogP contribution in [0.1, 0.15) is 45.7 Å². The van der Waals surface area contributed by atoms with E-state index in [1.54, 1.807) is 10.9 Å². The first-order chi connectivity index (χ1) is 18.5. The fourth-order valence-corrected chi connectivity index (χ4v) is 3.50. The molecule has 2 amide bonds. The van der Waals surface area contributed by atoms with Crippen molar-refractivity contribution < 1.29 is 22.8 Å². The zero-order chi connectivity index (χ0) is 28.4. The van der Waals surface area contributed by atoms with E-state index < -0.39 is 17.6 Å². The molecule has 0 aliphatic heterocycles. The van der Waals surface area contributed by atoms with Gasteiger partial charge >= 0.3 is 6.18 Å². The summed E-state index contributed by atoms with van der Waals surface area (Å²) in [5.74, 6) is 4.86. The zero-order valence-corrected chi connectivity index (χ0v) is 21.3. The second kappa shape index (κ2) is 13.4. The Bertz CT molecular complexity index is 1310. The molecule has 0 atom stereocenters. The molecule has 2 heterocycles. The van der Waals surface area contributed by atoms with Gasteiger partial charge in [-0.05, 0) is 37.5 Å². The number of benzene rings is 1. The van der Waals surface area contributed by atoms with Gasteiger partial charge in [-0.2, -0.15) is 13.2 Å². The molecule has 0 bridgehead atoms. The lowest BCUT2D eigenvalue weighted by Gasteiger charge is -2.15. The molecule has 0 unspecified atom stereocenters. The molecule has 6 N–H and O–H groups in total. The number of rotatable bonds is 12. The van der Waals surface area contributed by atoms with Crippen LogP contribution in [0.5, 0.6) is 0 Å². The molecule has 0 saturated carbocycles. The molecule has 14 heteroatoms. The minimum atomic E-state index is -4.51. The molecule has 0 aliphatic rings. The van der Waals surface area contributed by atoms with Gasteiger partial charge in [-0.3, -0.25) is 19.3 Å². The van der Waals surface area contributed by atoms with Gasteiger partial charge in [0, 0.05) is 32.0 Å². The molecule has 208 valence electrons. The minimum absolute atomic E-state index is 0.0376. The molecular weight excluding hydrogens is 515 g/mol. The smallest absolute Gasteiger partial charge is 0.393 e. The van der Waals surface area contributed by atoms with Gasteiger partial charge in [0.25, 0.3) is 11.8 Å². The Morgan fingerprint density at radius 2 is 1.92 bits per heavy atom. The summed E-state index contributed by atoms with van der Waals surface area (Å²) in [4.78, 5) is 28.3. The van der Waals surface area contributed by atoms with Crippen LogP contribution in [0.3, 0.4) is 0 Å². The Labute approximate surface area is 223 Å². The predicted molar refractivity (Wildman–Crippen MR) is 136 cm³/mol. The number of halogens is 3. The second-order valence-electron chi connectivity index (χ2n) is 8.78. The van der Waals surface area contributed by atoms with Crippen LogP contribution in [0.4, 0.5) is 13.2 Å². The number of amides is 2. The van der Waals surface area contributed by atoms with Crippen LogP contribution < -0.4 is 22.2 Å². The molecule has 3 aromatic rings. The Morgan fingerprint density at radius 3 is 2.67 bits per heavy atom. The first kappa shape index (κ1) is 29.1. The third-order valence-corrected chi connectivity index (χ3v) is 5.50. The van der Waals surface area contributed by atoms with E-state index in [1.807, 2.05) is 31.2 Å². The number of aryl methyl sites for hydroxylation is 2. The lowest BCUT2D eigenvalue weighted by molar-refractivity contribution is -0.137. The van der Waals surface area contributed by atoms with Gasteiger partial charge in [-0.1, -0.05) is 35.0 Å². The van der Waals surface area contributed by atoms with Crippen LogP contribution in [0.2, 0.25) is 0 Å². The van der Waals surface area contributed by atoms with E-state index in [0.29, 0.717) is 32.5 Å². The molecule has 0 spiro atoms. The zero-order valence-electron chi connectivity index (χ0n) is 21.3. The van der Waals surface area contributed by atoms with Crippen LogP contribution in [-0.4, -0.2) is 43.3 Å². The van der Waals surface area contributed by atoms with Crippen molar-refractivity contribution in [3.8, 4) is 0 Å². The third kappa shape index (κ3) is 9.41. The topological polar surface area (TPSA) is 157 Å². The number of hydrazine groups is 1. The van der Waals surface area contributed by atoms with E-state index in [1.165, 1.54) is 11.2 Å². The number of aromatic nitrogens is 4. The number of carbonyl (C=O) groups is 2. The Hall–Kier alpha value is -4.46. The number of hydrogen-bond donors (Lipinski definition) is 4. The van der Waals surface area contributed by atoms with E-state index in [4.69, 9.17) is 11.6 Å². The van der Waals surface area contributed by atoms with E-state index in [9.17, 15) is 22.8 Å². The highest BCUT2D eigenvalue weighted by Gasteiger charge is 2.30. The second-order valence-corrected chi connectivity index (χ2v) is 8.78. The lowest BCUT2D eigenvalue weighted by Crippen LogP contribution is -2.33. The van der Waals surface area contributed by atoms with E-state index in [0.717, 1.165) is 29.5 Å². The SMILES string of the molecule is Cc1cccc(CNC(=O)c2cn(CCCCN(N)/C=C(\N)C(=O)NCc3cc(C(F)(F)F)ccn3)nn2)c1. The average molecular weight is 546 g/mol. The van der Waals surface area contributed by atoms with Crippen molar-refractivity contribution in [1.29, 1.82) is 0 Å². The quantitative estimate of drug-likeness (QED) is 0.117. The Morgan fingerprint density at radius 1 is 1.13 bits per heavy atom. The number of pyridine rings is 1. The molecule has 0 aliphatic carbocycles. The average Bonchev–Trinajstić information content (AvgIpc) is 3.37. The van der Waals surface area contributed by atoms with Gasteiger partial charge < -0.3 is 21.4 Å². The molecule has 11 nitrogen and oxygen atoms in total. The Balaban J connectivity index is 1.37. The summed E-state index contributed by atoms with van der Waals surface area (Å²) in [6.07, 6.45) is 0.585. The molecular formula is C25H30F3N9O2. The molecule has 3 rings (SSSR count). The summed E-state index contributed by atoms with van der Waals surface area (Å²) in [6, 6.07) is 9.53. The first-order valence-electron chi connectivity index (χ1n) is 12.0. The summed E-state index contributed by atoms with van der Waals surface area (Å²) in [5.41, 5.74) is 7.02. The number of unbranched alkanes of at least 4 members (excludes halogenated alkanes) is 1. The number of nitrogens with two attached hydrogens (primary N) is 2. The summed E-state index contributed by atoms with van der Waals surface area (Å²) < 4.78 is 40.0. The summed E-state index contributed by atoms with van der Waals surface area (Å²) in [5, 5.41) is 14.3. The summed E-state index contributed by atoms with van der Waals surface area (Å²) in [7, 11) is 0. The van der Waals surface area contributed by atoms with Crippen LogP contribution >= 0.6 is 0 Å². The normalized spacial score (nSPS) is 11.8. The molecule has 0 saturated heterocycles. The molecule has 0 radical (unpaired) electrons. The third-order valence-electron chi connectivity index (χ3n) is 5.50. The van der Waals surface area contributed by atoms with Crippen LogP contribution in [0.15, 0.2) is 60.7 Å². The fourth-order valence-electron chi connectivity index (χ4n) is 3.50. The van der Waals surface area contributed by atoms with Crippen molar-refractivity contribution in [2.45, 2.75) is 45.6 Å². The Kier molecular flexibility index (Phi) is 9.98. The monoisotopic (exact) mass is 545 g/mol. The van der Waals surface area contributed by atoms with Gasteiger partial charge in [0.15, 0.2) is 5.69 Å². The lowest BCUT2D eigenvalue weighted by atomic mass is 10.1. The number of nitrogens with zero attached hydrogens (tertiary/aromatic N) is 5. The molecule has 1 aromatic carbocycles. The number of nitrogens with one attached hydrogen (secondary N) is 2. The highest BCUT2D eigenvalue weighted by Crippen LogP contribution is 2.28. The van der Waals surface area contributed by atoms with Crippen molar-refractivity contribution in [3.63, 3.8) is 0 Å². The summed E-state index contributed by atoms with van der Waals surface area (Å²) >= 11 is 0. The van der Waals surface area contributed by atoms with Gasteiger partial charge in [0.1, 0.15) is 5.70 Å². The molecule has 2 aromatic heterocycles. The number of hydrogen-bond acceptors (Lipinski definition) is 8. The number of carbonyl (C=O) groups excluding carboxylic acids is 2. The van der Waals surface area contributed by atoms with Crippen molar-refractivity contribution in [2.75, 3.05) is 6.54 Å². The maximum Gasteiger partial charge on any atom is 0.416 e. The fraction of sp³-hybridized carbons (Fsp3) is 0.320. The first-order valence-corrected chi connectivity index (χ1v) is 12.0. The van der Waals surface area contributed by atoms with Gasteiger partial charge in [0.2, 0.25) is 0 Å². The highest BCUT2D eigenvalue weighted by molar-refractivity contribution is 5.92. The van der Waals surface area contributed by atoms with Crippen LogP contribution in [-0.2, 0) is 30.6 Å². The maximum atomic E-state index is 12.8. The van der Waals surface area contributed by atoms with Crippen molar-refractivity contribution >= 4 is 11.8 Å². The van der Waals surface area contributed by atoms with E-state index in [-0.39, 0.29) is 29.5 Å². The van der Waals surface area contributed by atoms with E-state index >= 15 is 0 Å². The largest absolute Gasteiger partial charge is 0.416 e. The van der Waals surface area contributed by atoms with Crippen molar-refractivity contribution in [1.82, 2.24) is 35.6 Å². The summed E-state index contributed by atoms with van der Waals surface area (Å²) in [6.45, 7) is 2.99. The van der Waals surface area contributed by atoms with Crippen LogP contribution in [0, 0.1) is 6.92 Å². The van der Waals surface area contributed by atoms with Gasteiger partial charge in [-0.25, -0.2) is 5.84 Å². The minimum Gasteiger partial charge on any atom is -0.393 e. The molecule has 0 fully saturated rings. The van der Waals surface area contributed by atoms with Crippen LogP contribution in [0.25, 0.3) is 0 Å². The van der Waals surface area contributed by atoms with E-state index in [2.05, 4.69) is 25.9 Å². The van der Waals surface area contributed by atoms with Crippen molar-refractivity contribution in [3.05, 3.63) is 88.8 Å². The standard InChI is InChI=1S/C25H30F3N9O2/c1-17-5-4-6-18(11-17)13-32-24(39)22-16-37(35-34-22)10-3-2-9-36(30)15-21(29)23(38)33-14-20-12-19(7-8-31-20)25(26,27)28/h4-8,11-12,15-16H,2-3,9-10,13-14,29-30H2,1H3,(H,32,39)(H,33,38)/b21-15-. The van der Waals surface area contributed by atoms with Crippen molar-refractivity contribution in [2.24, 2.45) is 11.6 Å². The van der Waals surface area contributed by atoms with Gasteiger partial charge in [-0.15, -0.1) is 5.10 Å². The predicted octanol–water partition coefficient (Wildman–Crippen LogP) is 2.00. The van der Waals surface area contributed by atoms with Gasteiger partial charge in [0.05, 0.1) is 24.0 Å². The maximum absolute atomic E-state index is 12.8.